The van der Waals surface area contributed by atoms with Gasteiger partial charge in [0.05, 0.1) is 16.4 Å². The van der Waals surface area contributed by atoms with E-state index in [0.29, 0.717) is 0 Å². The van der Waals surface area contributed by atoms with Crippen molar-refractivity contribution in [2.75, 3.05) is 4.90 Å². The lowest BCUT2D eigenvalue weighted by Gasteiger charge is -2.40. The molecule has 0 N–H and O–H groups in total. The van der Waals surface area contributed by atoms with Crippen LogP contribution >= 0.6 is 0 Å². The Bertz CT molecular complexity index is 3770. The molecule has 1 aromatic heterocycles. The first-order valence-corrected chi connectivity index (χ1v) is 22.5. The number of para-hydroxylation sites is 2. The maximum Gasteiger partial charge on any atom is 0.0726 e. The molecule has 1 unspecified atom stereocenters. The molecule has 2 heteroatoms. The number of anilines is 3. The van der Waals surface area contributed by atoms with E-state index in [-0.39, 0.29) is 5.41 Å². The Balaban J connectivity index is 1.07. The number of rotatable bonds is 4. The van der Waals surface area contributed by atoms with Gasteiger partial charge < -0.3 is 9.47 Å². The Morgan fingerprint density at radius 2 is 0.844 bits per heavy atom. The molecule has 0 bridgehead atoms. The van der Waals surface area contributed by atoms with Crippen molar-refractivity contribution < 1.29 is 0 Å². The van der Waals surface area contributed by atoms with E-state index in [1.807, 2.05) is 0 Å². The topological polar surface area (TPSA) is 8.17 Å². The largest absolute Gasteiger partial charge is 0.310 e. The molecule has 11 aromatic rings. The lowest BCUT2D eigenvalue weighted by molar-refractivity contribution is 0.660. The molecule has 14 rings (SSSR count). The van der Waals surface area contributed by atoms with Gasteiger partial charge in [-0.2, -0.15) is 0 Å². The molecule has 0 saturated heterocycles. The highest BCUT2D eigenvalue weighted by atomic mass is 15.1. The fraction of sp³-hybridized carbons (Fsp3) is 0.0645. The Hall–Kier alpha value is -7.94. The maximum atomic E-state index is 2.53. The molecule has 2 nitrogen and oxygen atoms in total. The second kappa shape index (κ2) is 12.8. The molecule has 300 valence electrons. The predicted octanol–water partition coefficient (Wildman–Crippen LogP) is 16.1. The van der Waals surface area contributed by atoms with Crippen molar-refractivity contribution in [1.29, 1.82) is 0 Å². The van der Waals surface area contributed by atoms with Crippen molar-refractivity contribution in [2.24, 2.45) is 0 Å². The second-order valence-electron chi connectivity index (χ2n) is 18.4. The summed E-state index contributed by atoms with van der Waals surface area (Å²) in [5.74, 6) is 0. The zero-order chi connectivity index (χ0) is 42.3. The first-order valence-electron chi connectivity index (χ1n) is 22.5. The fourth-order valence-corrected chi connectivity index (χ4v) is 12.3. The maximum absolute atomic E-state index is 2.53. The molecule has 64 heavy (non-hydrogen) atoms. The zero-order valence-corrected chi connectivity index (χ0v) is 35.7. The van der Waals surface area contributed by atoms with Gasteiger partial charge >= 0.3 is 0 Å². The van der Waals surface area contributed by atoms with Gasteiger partial charge in [-0.05, 0) is 132 Å². The molecule has 1 atom stereocenters. The van der Waals surface area contributed by atoms with Gasteiger partial charge in [0.15, 0.2) is 0 Å². The number of benzene rings is 10. The average Bonchev–Trinajstić information content (AvgIpc) is 3.92. The van der Waals surface area contributed by atoms with Crippen molar-refractivity contribution in [3.05, 3.63) is 252 Å². The fourth-order valence-electron chi connectivity index (χ4n) is 12.3. The Morgan fingerprint density at radius 3 is 1.59 bits per heavy atom. The third-order valence-corrected chi connectivity index (χ3v) is 15.0. The highest BCUT2D eigenvalue weighted by Crippen LogP contribution is 2.62. The second-order valence-corrected chi connectivity index (χ2v) is 18.4. The van der Waals surface area contributed by atoms with E-state index in [1.54, 1.807) is 0 Å². The smallest absolute Gasteiger partial charge is 0.0726 e. The van der Waals surface area contributed by atoms with Crippen LogP contribution in [0.25, 0.3) is 71.6 Å². The summed E-state index contributed by atoms with van der Waals surface area (Å²) < 4.78 is 2.43. The molecule has 0 radical (unpaired) electrons. The minimum atomic E-state index is -0.524. The molecule has 0 amide bonds. The summed E-state index contributed by atoms with van der Waals surface area (Å²) in [5, 5.41) is 5.10. The normalized spacial score (nSPS) is 15.8. The SMILES string of the molecule is CC1(C)c2ccccc2-c2ccc(N(c3ccc4c(c3)C3(c5ccccc5-4)c4ccccc4-c4cccc5cccc3c45)c3ccc4c5ccccc5n(-c5ccccc5)c4c3)cc21. The third kappa shape index (κ3) is 4.54. The van der Waals surface area contributed by atoms with Crippen LogP contribution in [-0.4, -0.2) is 4.57 Å². The van der Waals surface area contributed by atoms with Crippen LogP contribution in [0.5, 0.6) is 0 Å². The summed E-state index contributed by atoms with van der Waals surface area (Å²) in [7, 11) is 0. The van der Waals surface area contributed by atoms with E-state index in [1.165, 1.54) is 99.3 Å². The molecular formula is C62H42N2. The molecule has 3 aliphatic carbocycles. The monoisotopic (exact) mass is 814 g/mol. The van der Waals surface area contributed by atoms with E-state index < -0.39 is 5.41 Å². The highest BCUT2D eigenvalue weighted by molar-refractivity contribution is 6.11. The van der Waals surface area contributed by atoms with E-state index in [2.05, 4.69) is 242 Å². The van der Waals surface area contributed by atoms with Crippen LogP contribution in [-0.2, 0) is 10.8 Å². The summed E-state index contributed by atoms with van der Waals surface area (Å²) in [4.78, 5) is 2.52. The van der Waals surface area contributed by atoms with Crippen molar-refractivity contribution in [2.45, 2.75) is 24.7 Å². The van der Waals surface area contributed by atoms with Crippen molar-refractivity contribution in [3.8, 4) is 39.1 Å². The molecule has 0 aliphatic heterocycles. The molecule has 10 aromatic carbocycles. The van der Waals surface area contributed by atoms with Crippen LogP contribution in [0, 0.1) is 0 Å². The zero-order valence-electron chi connectivity index (χ0n) is 35.7. The number of hydrogen-bond acceptors (Lipinski definition) is 1. The number of fused-ring (bicyclic) bond motifs is 15. The molecule has 0 saturated carbocycles. The Labute approximate surface area is 372 Å². The van der Waals surface area contributed by atoms with Gasteiger partial charge in [-0.3, -0.25) is 0 Å². The lowest BCUT2D eigenvalue weighted by Crippen LogP contribution is -2.32. The predicted molar refractivity (Wildman–Crippen MR) is 267 cm³/mol. The van der Waals surface area contributed by atoms with Crippen LogP contribution in [0.1, 0.15) is 47.2 Å². The van der Waals surface area contributed by atoms with Gasteiger partial charge in [0.2, 0.25) is 0 Å². The molecule has 0 fully saturated rings. The molecule has 1 heterocycles. The molecular weight excluding hydrogens is 773 g/mol. The van der Waals surface area contributed by atoms with Gasteiger partial charge in [-0.1, -0.05) is 178 Å². The van der Waals surface area contributed by atoms with Crippen LogP contribution in [0.3, 0.4) is 0 Å². The average molecular weight is 815 g/mol. The van der Waals surface area contributed by atoms with Gasteiger partial charge in [0, 0.05) is 38.9 Å². The van der Waals surface area contributed by atoms with Crippen LogP contribution in [0.4, 0.5) is 17.1 Å². The first kappa shape index (κ1) is 35.6. The van der Waals surface area contributed by atoms with Gasteiger partial charge in [0.1, 0.15) is 0 Å². The number of aromatic nitrogens is 1. The van der Waals surface area contributed by atoms with Crippen molar-refractivity contribution in [1.82, 2.24) is 4.57 Å². The Morgan fingerprint density at radius 1 is 0.344 bits per heavy atom. The summed E-state index contributed by atoms with van der Waals surface area (Å²) in [6.45, 7) is 4.76. The molecule has 1 spiro atoms. The first-order chi connectivity index (χ1) is 31.5. The van der Waals surface area contributed by atoms with Crippen molar-refractivity contribution >= 4 is 49.6 Å². The standard InChI is InChI=1S/C62H42N2/c1-61(2)52-25-10-6-20-44(52)47-33-30-41(36-56(47)61)63(43-32-35-50-49-23-9-13-29-58(49)64(59(50)38-43)40-18-4-3-5-19-40)42-31-34-48-45-21-7-11-26-53(45)62(57(48)37-42)54-27-12-8-22-46(54)51-24-14-16-39-17-15-28-55(62)60(39)51/h3-38H,1-2H3. The summed E-state index contributed by atoms with van der Waals surface area (Å²) in [5.41, 5.74) is 22.2. The minimum Gasteiger partial charge on any atom is -0.310 e. The van der Waals surface area contributed by atoms with Crippen molar-refractivity contribution in [3.63, 3.8) is 0 Å². The highest BCUT2D eigenvalue weighted by Gasteiger charge is 2.50. The van der Waals surface area contributed by atoms with Crippen LogP contribution < -0.4 is 4.90 Å². The Kier molecular flexibility index (Phi) is 7.13. The summed E-state index contributed by atoms with van der Waals surface area (Å²) >= 11 is 0. The van der Waals surface area contributed by atoms with Gasteiger partial charge in [0.25, 0.3) is 0 Å². The third-order valence-electron chi connectivity index (χ3n) is 15.0. The molecule has 3 aliphatic rings. The quantitative estimate of drug-likeness (QED) is 0.172. The number of hydrogen-bond donors (Lipinski definition) is 0. The van der Waals surface area contributed by atoms with E-state index in [4.69, 9.17) is 0 Å². The van der Waals surface area contributed by atoms with E-state index in [0.717, 1.165) is 22.7 Å². The van der Waals surface area contributed by atoms with Crippen LogP contribution in [0.2, 0.25) is 0 Å². The van der Waals surface area contributed by atoms with Gasteiger partial charge in [-0.15, -0.1) is 0 Å². The number of nitrogens with zero attached hydrogens (tertiary/aromatic N) is 2. The van der Waals surface area contributed by atoms with E-state index >= 15 is 0 Å². The van der Waals surface area contributed by atoms with Gasteiger partial charge in [-0.25, -0.2) is 0 Å². The van der Waals surface area contributed by atoms with Crippen LogP contribution in [0.15, 0.2) is 218 Å². The lowest BCUT2D eigenvalue weighted by atomic mass is 9.61. The minimum absolute atomic E-state index is 0.154. The van der Waals surface area contributed by atoms with E-state index in [9.17, 15) is 0 Å². The summed E-state index contributed by atoms with van der Waals surface area (Å²) in [6.07, 6.45) is 0. The summed E-state index contributed by atoms with van der Waals surface area (Å²) in [6, 6.07) is 82.2.